The molecule has 0 aromatic heterocycles. The van der Waals surface area contributed by atoms with Crippen molar-refractivity contribution < 1.29 is 9.53 Å². The van der Waals surface area contributed by atoms with Gasteiger partial charge in [-0.1, -0.05) is 51.0 Å². The summed E-state index contributed by atoms with van der Waals surface area (Å²) in [5.41, 5.74) is 1.45. The third kappa shape index (κ3) is 1.89. The number of aromatic nitrogens is 1. The Hall–Kier alpha value is -1.92. The minimum absolute atomic E-state index is 0.0981. The average Bonchev–Trinajstić information content (AvgIpc) is 2.96. The number of H-pyrrole nitrogens is 1. The van der Waals surface area contributed by atoms with E-state index in [1.165, 1.54) is 27.8 Å². The summed E-state index contributed by atoms with van der Waals surface area (Å²) in [5, 5.41) is 0. The number of aromatic amines is 1. The molecule has 0 aliphatic carbocycles. The number of carbonyl (C=O) groups excluding carboxylic acids is 1. The number of methoxy groups -OCH3 is 1. The largest absolute Gasteiger partial charge is 0.465 e. The Kier molecular flexibility index (Phi) is 2.96. The highest BCUT2D eigenvalue weighted by Gasteiger charge is 2.27. The van der Waals surface area contributed by atoms with Gasteiger partial charge >= 0.3 is 5.97 Å². The van der Waals surface area contributed by atoms with E-state index in [0.29, 0.717) is 10.6 Å². The van der Waals surface area contributed by atoms with Crippen molar-refractivity contribution in [2.45, 2.75) is 0 Å². The van der Waals surface area contributed by atoms with Gasteiger partial charge in [-0.25, -0.2) is 4.79 Å². The van der Waals surface area contributed by atoms with Gasteiger partial charge in [-0.2, -0.15) is 0 Å². The summed E-state index contributed by atoms with van der Waals surface area (Å²) in [6.07, 6.45) is 0. The predicted octanol–water partition coefficient (Wildman–Crippen LogP) is 3.06. The number of benzene rings is 1. The Morgan fingerprint density at radius 1 is 1.16 bits per heavy atom. The van der Waals surface area contributed by atoms with E-state index in [-0.39, 0.29) is 5.56 Å². The van der Waals surface area contributed by atoms with Crippen LogP contribution >= 0.6 is 20.7 Å². The maximum Gasteiger partial charge on any atom is 0.345 e. The van der Waals surface area contributed by atoms with Crippen LogP contribution in [0.25, 0.3) is 21.0 Å². The van der Waals surface area contributed by atoms with Gasteiger partial charge in [0, 0.05) is 0 Å². The lowest BCUT2D eigenvalue weighted by molar-refractivity contribution is 0.0600. The Morgan fingerprint density at radius 3 is 2.53 bits per heavy atom. The molecule has 2 aliphatic heterocycles. The summed E-state index contributed by atoms with van der Waals surface area (Å²) in [7, 11) is 4.22. The van der Waals surface area contributed by atoms with Crippen LogP contribution in [0.2, 0.25) is 0 Å². The molecule has 0 fully saturated rings. The van der Waals surface area contributed by atoms with E-state index < -0.39 is 11.5 Å². The van der Waals surface area contributed by atoms with Crippen molar-refractivity contribution in [3.8, 4) is 21.0 Å². The van der Waals surface area contributed by atoms with E-state index in [2.05, 4.69) is 9.72 Å². The van der Waals surface area contributed by atoms with Crippen molar-refractivity contribution in [1.82, 2.24) is 4.98 Å². The minimum atomic E-state index is -0.593. The van der Waals surface area contributed by atoms with Gasteiger partial charge in [-0.05, 0) is 5.56 Å². The van der Waals surface area contributed by atoms with Crippen molar-refractivity contribution >= 4 is 26.7 Å². The molecule has 0 unspecified atom stereocenters. The number of carbonyl (C=O) groups is 1. The van der Waals surface area contributed by atoms with Gasteiger partial charge in [0.2, 0.25) is 0 Å². The molecular weight excluding hydrogens is 282 g/mol. The maximum atomic E-state index is 11.8. The number of nitrogens with one attached hydrogen (secondary N) is 1. The van der Waals surface area contributed by atoms with Crippen LogP contribution in [0.3, 0.4) is 0 Å². The van der Waals surface area contributed by atoms with Crippen molar-refractivity contribution in [2.75, 3.05) is 7.11 Å². The van der Waals surface area contributed by atoms with Crippen molar-refractivity contribution in [2.24, 2.45) is 0 Å². The van der Waals surface area contributed by atoms with Gasteiger partial charge in [0.05, 0.1) is 22.6 Å². The molecule has 1 aromatic carbocycles. The Morgan fingerprint density at radius 2 is 1.84 bits per heavy atom. The summed E-state index contributed by atoms with van der Waals surface area (Å²) in [6.45, 7) is 0. The van der Waals surface area contributed by atoms with Crippen LogP contribution in [0, 0.1) is 0 Å². The van der Waals surface area contributed by atoms with Crippen LogP contribution < -0.4 is 5.56 Å². The molecule has 0 radical (unpaired) electrons. The summed E-state index contributed by atoms with van der Waals surface area (Å²) >= 11 is 0. The standard InChI is InChI=1S/C13H9NO3S2/c1-17-13(16)8-11-9(14-12(8)15)10(18-19-11)7-5-3-2-4-6-7/h2-6H,1H3,(H,14,15). The van der Waals surface area contributed by atoms with E-state index in [1.54, 1.807) is 0 Å². The third-order valence-electron chi connectivity index (χ3n) is 2.78. The number of ether oxygens (including phenoxy) is 1. The van der Waals surface area contributed by atoms with Gasteiger partial charge in [0.1, 0.15) is 5.56 Å². The highest BCUT2D eigenvalue weighted by atomic mass is 32.9. The van der Waals surface area contributed by atoms with Crippen molar-refractivity contribution in [1.29, 1.82) is 0 Å². The van der Waals surface area contributed by atoms with Crippen molar-refractivity contribution in [3.63, 3.8) is 0 Å². The fraction of sp³-hybridized carbons (Fsp3) is 0.0769. The molecule has 1 aromatic rings. The van der Waals surface area contributed by atoms with Crippen LogP contribution in [0.5, 0.6) is 0 Å². The molecule has 0 spiro atoms. The third-order valence-corrected chi connectivity index (χ3v) is 5.30. The molecule has 4 nitrogen and oxygen atoms in total. The lowest BCUT2D eigenvalue weighted by atomic mass is 10.1. The maximum absolute atomic E-state index is 11.8. The van der Waals surface area contributed by atoms with Crippen LogP contribution in [-0.4, -0.2) is 18.1 Å². The first-order chi connectivity index (χ1) is 9.22. The van der Waals surface area contributed by atoms with E-state index >= 15 is 0 Å². The minimum Gasteiger partial charge on any atom is -0.465 e. The average molecular weight is 291 g/mol. The predicted molar refractivity (Wildman–Crippen MR) is 76.2 cm³/mol. The monoisotopic (exact) mass is 291 g/mol. The molecule has 0 saturated carbocycles. The fourth-order valence-corrected chi connectivity index (χ4v) is 4.63. The van der Waals surface area contributed by atoms with Crippen molar-refractivity contribution in [3.05, 3.63) is 46.2 Å². The van der Waals surface area contributed by atoms with E-state index in [1.807, 2.05) is 30.3 Å². The molecule has 19 heavy (non-hydrogen) atoms. The molecule has 2 heterocycles. The molecule has 2 aliphatic rings. The molecule has 6 heteroatoms. The smallest absolute Gasteiger partial charge is 0.345 e. The van der Waals surface area contributed by atoms with Gasteiger partial charge in [-0.15, -0.1) is 0 Å². The number of esters is 1. The highest BCUT2D eigenvalue weighted by molar-refractivity contribution is 7.72. The van der Waals surface area contributed by atoms with Gasteiger partial charge < -0.3 is 9.72 Å². The van der Waals surface area contributed by atoms with E-state index in [9.17, 15) is 9.59 Å². The van der Waals surface area contributed by atoms with Crippen LogP contribution in [0.4, 0.5) is 0 Å². The number of fused-ring (bicyclic) bond motifs is 1. The zero-order valence-electron chi connectivity index (χ0n) is 9.93. The van der Waals surface area contributed by atoms with Gasteiger partial charge in [0.15, 0.2) is 0 Å². The van der Waals surface area contributed by atoms with Gasteiger partial charge in [0.25, 0.3) is 5.56 Å². The first-order valence-electron chi connectivity index (χ1n) is 5.51. The first kappa shape index (κ1) is 12.1. The number of hydrogen-bond donors (Lipinski definition) is 1. The lowest BCUT2D eigenvalue weighted by Gasteiger charge is -1.97. The second-order valence-electron chi connectivity index (χ2n) is 3.89. The first-order valence-corrected chi connectivity index (χ1v) is 7.66. The van der Waals surface area contributed by atoms with Crippen LogP contribution in [0.15, 0.2) is 35.1 Å². The molecule has 3 rings (SSSR count). The molecule has 0 bridgehead atoms. The zero-order valence-corrected chi connectivity index (χ0v) is 11.6. The number of rotatable bonds is 2. The topological polar surface area (TPSA) is 59.2 Å². The SMILES string of the molecule is COC(=O)c1c2ssc(-c3ccccc3)c-2[nH]c1=O. The number of hydrogen-bond acceptors (Lipinski definition) is 5. The quantitative estimate of drug-likeness (QED) is 0.583. The molecule has 0 amide bonds. The Labute approximate surface area is 116 Å². The normalized spacial score (nSPS) is 10.8. The fourth-order valence-electron chi connectivity index (χ4n) is 1.90. The summed E-state index contributed by atoms with van der Waals surface area (Å²) in [4.78, 5) is 27.8. The Bertz CT molecular complexity index is 754. The summed E-state index contributed by atoms with van der Waals surface area (Å²) in [6, 6.07) is 9.76. The van der Waals surface area contributed by atoms with Crippen LogP contribution in [0.1, 0.15) is 10.4 Å². The van der Waals surface area contributed by atoms with E-state index in [0.717, 1.165) is 10.4 Å². The van der Waals surface area contributed by atoms with Crippen LogP contribution in [-0.2, 0) is 4.74 Å². The Balaban J connectivity index is 2.18. The second-order valence-corrected chi connectivity index (χ2v) is 6.04. The lowest BCUT2D eigenvalue weighted by Crippen LogP contribution is -2.13. The highest BCUT2D eigenvalue weighted by Crippen LogP contribution is 2.43. The molecular formula is C13H9NO3S2. The van der Waals surface area contributed by atoms with Gasteiger partial charge in [-0.3, -0.25) is 4.79 Å². The zero-order chi connectivity index (χ0) is 13.4. The molecule has 1 N–H and O–H groups in total. The van der Waals surface area contributed by atoms with E-state index in [4.69, 9.17) is 0 Å². The second kappa shape index (κ2) is 4.64. The molecule has 0 atom stereocenters. The molecule has 0 saturated heterocycles. The molecule has 96 valence electrons. The summed E-state index contributed by atoms with van der Waals surface area (Å²) in [5.74, 6) is -0.593. The summed E-state index contributed by atoms with van der Waals surface area (Å²) < 4.78 is 4.65.